The van der Waals surface area contributed by atoms with Gasteiger partial charge in [0, 0.05) is 51.4 Å². The SMILES string of the molecule is COc1ccccc1CN(C)C(=O)[C@H]1CNC[C@@H]1c1cnn(C)c1. The lowest BCUT2D eigenvalue weighted by Gasteiger charge is -2.24. The summed E-state index contributed by atoms with van der Waals surface area (Å²) in [5, 5.41) is 7.58. The van der Waals surface area contributed by atoms with E-state index in [-0.39, 0.29) is 17.7 Å². The Hall–Kier alpha value is -2.34. The van der Waals surface area contributed by atoms with E-state index in [9.17, 15) is 4.79 Å². The van der Waals surface area contributed by atoms with Gasteiger partial charge < -0.3 is 15.0 Å². The minimum Gasteiger partial charge on any atom is -0.496 e. The highest BCUT2D eigenvalue weighted by atomic mass is 16.5. The predicted octanol–water partition coefficient (Wildman–Crippen LogP) is 1.39. The smallest absolute Gasteiger partial charge is 0.227 e. The first kappa shape index (κ1) is 16.5. The summed E-state index contributed by atoms with van der Waals surface area (Å²) in [5.41, 5.74) is 2.13. The van der Waals surface area contributed by atoms with Gasteiger partial charge in [-0.05, 0) is 11.6 Å². The molecule has 2 heterocycles. The summed E-state index contributed by atoms with van der Waals surface area (Å²) in [4.78, 5) is 14.7. The first-order chi connectivity index (χ1) is 11.6. The topological polar surface area (TPSA) is 59.4 Å². The van der Waals surface area contributed by atoms with Crippen molar-refractivity contribution in [1.29, 1.82) is 0 Å². The lowest BCUT2D eigenvalue weighted by atomic mass is 9.90. The van der Waals surface area contributed by atoms with Crippen LogP contribution < -0.4 is 10.1 Å². The summed E-state index contributed by atoms with van der Waals surface area (Å²) < 4.78 is 7.17. The second kappa shape index (κ2) is 7.05. The van der Waals surface area contributed by atoms with Crippen LogP contribution >= 0.6 is 0 Å². The Labute approximate surface area is 142 Å². The number of aromatic nitrogens is 2. The lowest BCUT2D eigenvalue weighted by Crippen LogP contribution is -2.35. The maximum absolute atomic E-state index is 13.0. The van der Waals surface area contributed by atoms with Gasteiger partial charge in [0.05, 0.1) is 19.2 Å². The standard InChI is InChI=1S/C18H24N4O2/c1-21(11-13-6-4-5-7-17(13)24-3)18(23)16-10-19-9-15(16)14-8-20-22(2)12-14/h4-8,12,15-16,19H,9-11H2,1-3H3/t15-,16+/m1/s1. The van der Waals surface area contributed by atoms with Crippen LogP contribution in [0.1, 0.15) is 17.0 Å². The van der Waals surface area contributed by atoms with Gasteiger partial charge in [-0.25, -0.2) is 0 Å². The number of nitrogens with one attached hydrogen (secondary N) is 1. The first-order valence-corrected chi connectivity index (χ1v) is 8.16. The van der Waals surface area contributed by atoms with E-state index >= 15 is 0 Å². The van der Waals surface area contributed by atoms with Crippen molar-refractivity contribution >= 4 is 5.91 Å². The number of amides is 1. The number of carbonyl (C=O) groups is 1. The highest BCUT2D eigenvalue weighted by molar-refractivity contribution is 5.80. The molecule has 0 bridgehead atoms. The fraction of sp³-hybridized carbons (Fsp3) is 0.444. The van der Waals surface area contributed by atoms with Crippen LogP contribution in [-0.4, -0.2) is 47.8 Å². The van der Waals surface area contributed by atoms with Gasteiger partial charge in [-0.15, -0.1) is 0 Å². The Morgan fingerprint density at radius 2 is 2.21 bits per heavy atom. The molecule has 1 aliphatic rings. The van der Waals surface area contributed by atoms with Crippen LogP contribution in [0.5, 0.6) is 5.75 Å². The van der Waals surface area contributed by atoms with Gasteiger partial charge in [-0.1, -0.05) is 18.2 Å². The molecule has 0 saturated carbocycles. The number of methoxy groups -OCH3 is 1. The molecule has 1 saturated heterocycles. The summed E-state index contributed by atoms with van der Waals surface area (Å²) in [6.45, 7) is 2.05. The zero-order valence-electron chi connectivity index (χ0n) is 14.4. The maximum atomic E-state index is 13.0. The number of aryl methyl sites for hydroxylation is 1. The molecule has 0 radical (unpaired) electrons. The van der Waals surface area contributed by atoms with Crippen LogP contribution in [0.2, 0.25) is 0 Å². The zero-order valence-corrected chi connectivity index (χ0v) is 14.4. The first-order valence-electron chi connectivity index (χ1n) is 8.16. The Morgan fingerprint density at radius 3 is 2.92 bits per heavy atom. The van der Waals surface area contributed by atoms with E-state index in [4.69, 9.17) is 4.74 Å². The number of rotatable bonds is 5. The van der Waals surface area contributed by atoms with Crippen LogP contribution in [0.3, 0.4) is 0 Å². The maximum Gasteiger partial charge on any atom is 0.227 e. The molecule has 2 atom stereocenters. The number of hydrogen-bond donors (Lipinski definition) is 1. The minimum atomic E-state index is -0.0612. The molecule has 128 valence electrons. The van der Waals surface area contributed by atoms with Crippen molar-refractivity contribution in [3.05, 3.63) is 47.8 Å². The van der Waals surface area contributed by atoms with E-state index in [1.54, 1.807) is 16.7 Å². The van der Waals surface area contributed by atoms with E-state index in [1.165, 1.54) is 0 Å². The molecular weight excluding hydrogens is 304 g/mol. The summed E-state index contributed by atoms with van der Waals surface area (Å²) in [7, 11) is 5.41. The molecule has 1 fully saturated rings. The van der Waals surface area contributed by atoms with Crippen molar-refractivity contribution in [2.45, 2.75) is 12.5 Å². The summed E-state index contributed by atoms with van der Waals surface area (Å²) in [5.74, 6) is 1.07. The molecule has 24 heavy (non-hydrogen) atoms. The molecule has 6 nitrogen and oxygen atoms in total. The van der Waals surface area contributed by atoms with E-state index in [0.29, 0.717) is 13.1 Å². The van der Waals surface area contributed by atoms with Crippen molar-refractivity contribution in [2.24, 2.45) is 13.0 Å². The largest absolute Gasteiger partial charge is 0.496 e. The van der Waals surface area contributed by atoms with E-state index < -0.39 is 0 Å². The Kier molecular flexibility index (Phi) is 4.85. The number of benzene rings is 1. The Balaban J connectivity index is 1.73. The highest BCUT2D eigenvalue weighted by Crippen LogP contribution is 2.30. The average Bonchev–Trinajstić information content (AvgIpc) is 3.23. The lowest BCUT2D eigenvalue weighted by molar-refractivity contribution is -0.134. The monoisotopic (exact) mass is 328 g/mol. The van der Waals surface area contributed by atoms with Crippen LogP contribution in [0.15, 0.2) is 36.7 Å². The van der Waals surface area contributed by atoms with E-state index in [2.05, 4.69) is 10.4 Å². The number of nitrogens with zero attached hydrogens (tertiary/aromatic N) is 3. The average molecular weight is 328 g/mol. The fourth-order valence-electron chi connectivity index (χ4n) is 3.37. The van der Waals surface area contributed by atoms with Crippen molar-refractivity contribution in [2.75, 3.05) is 27.2 Å². The second-order valence-corrected chi connectivity index (χ2v) is 6.32. The van der Waals surface area contributed by atoms with Gasteiger partial charge in [0.2, 0.25) is 5.91 Å². The number of ether oxygens (including phenoxy) is 1. The third kappa shape index (κ3) is 3.28. The zero-order chi connectivity index (χ0) is 17.1. The molecule has 0 unspecified atom stereocenters. The molecule has 0 spiro atoms. The summed E-state index contributed by atoms with van der Waals surface area (Å²) in [6.07, 6.45) is 3.86. The molecule has 6 heteroatoms. The molecule has 1 aromatic carbocycles. The van der Waals surface area contributed by atoms with Crippen LogP contribution in [0.25, 0.3) is 0 Å². The third-order valence-electron chi connectivity index (χ3n) is 4.66. The Bertz CT molecular complexity index is 713. The van der Waals surface area contributed by atoms with Crippen LogP contribution in [0, 0.1) is 5.92 Å². The van der Waals surface area contributed by atoms with E-state index in [1.807, 2.05) is 50.8 Å². The molecule has 0 aliphatic carbocycles. The van der Waals surface area contributed by atoms with Gasteiger partial charge in [0.25, 0.3) is 0 Å². The highest BCUT2D eigenvalue weighted by Gasteiger charge is 2.36. The van der Waals surface area contributed by atoms with Crippen molar-refractivity contribution in [1.82, 2.24) is 20.0 Å². The Morgan fingerprint density at radius 1 is 1.42 bits per heavy atom. The van der Waals surface area contributed by atoms with Gasteiger partial charge in [-0.2, -0.15) is 5.10 Å². The summed E-state index contributed by atoms with van der Waals surface area (Å²) in [6, 6.07) is 7.81. The quantitative estimate of drug-likeness (QED) is 0.901. The molecule has 3 rings (SSSR count). The van der Waals surface area contributed by atoms with Gasteiger partial charge >= 0.3 is 0 Å². The third-order valence-corrected chi connectivity index (χ3v) is 4.66. The van der Waals surface area contributed by atoms with Crippen LogP contribution in [-0.2, 0) is 18.4 Å². The van der Waals surface area contributed by atoms with Crippen molar-refractivity contribution in [3.8, 4) is 5.75 Å². The van der Waals surface area contributed by atoms with Gasteiger partial charge in [0.15, 0.2) is 0 Å². The summed E-state index contributed by atoms with van der Waals surface area (Å²) >= 11 is 0. The van der Waals surface area contributed by atoms with Gasteiger partial charge in [-0.3, -0.25) is 9.48 Å². The minimum absolute atomic E-state index is 0.0612. The van der Waals surface area contributed by atoms with E-state index in [0.717, 1.165) is 23.4 Å². The van der Waals surface area contributed by atoms with Crippen molar-refractivity contribution < 1.29 is 9.53 Å². The molecular formula is C18H24N4O2. The molecule has 1 aliphatic heterocycles. The number of carbonyl (C=O) groups excluding carboxylic acids is 1. The molecule has 1 amide bonds. The number of hydrogen-bond acceptors (Lipinski definition) is 4. The molecule has 1 N–H and O–H groups in total. The van der Waals surface area contributed by atoms with Crippen molar-refractivity contribution in [3.63, 3.8) is 0 Å². The fourth-order valence-corrected chi connectivity index (χ4v) is 3.37. The molecule has 2 aromatic rings. The van der Waals surface area contributed by atoms with Crippen LogP contribution in [0.4, 0.5) is 0 Å². The van der Waals surface area contributed by atoms with Gasteiger partial charge in [0.1, 0.15) is 5.75 Å². The number of para-hydroxylation sites is 1. The predicted molar refractivity (Wildman–Crippen MR) is 91.8 cm³/mol. The molecule has 1 aromatic heterocycles. The second-order valence-electron chi connectivity index (χ2n) is 6.32. The normalized spacial score (nSPS) is 20.1.